The van der Waals surface area contributed by atoms with Gasteiger partial charge in [-0.2, -0.15) is 0 Å². The van der Waals surface area contributed by atoms with E-state index in [9.17, 15) is 9.59 Å². The van der Waals surface area contributed by atoms with Gasteiger partial charge in [0, 0.05) is 0 Å². The Balaban J connectivity index is 1.67. The second kappa shape index (κ2) is 10.1. The van der Waals surface area contributed by atoms with Crippen LogP contribution >= 0.6 is 0 Å². The molecule has 154 valence electrons. The van der Waals surface area contributed by atoms with Crippen LogP contribution in [0.4, 0.5) is 0 Å². The second-order valence-electron chi connectivity index (χ2n) is 6.47. The van der Waals surface area contributed by atoms with Crippen LogP contribution in [-0.4, -0.2) is 32.7 Å². The number of amides is 1. The van der Waals surface area contributed by atoms with Crippen LogP contribution in [0.25, 0.3) is 0 Å². The molecular formula is C24H23NO5. The van der Waals surface area contributed by atoms with Crippen LogP contribution in [-0.2, 0) is 9.53 Å². The number of esters is 1. The van der Waals surface area contributed by atoms with E-state index in [2.05, 4.69) is 5.32 Å². The standard InChI is InChI=1S/C24H23NO5/c1-28-20-14-13-19(15-21(20)29-2)24(27)30-16-22(26)25-23(17-9-5-3-6-10-17)18-11-7-4-8-12-18/h3-15,23H,16H2,1-2H3,(H,25,26). The molecule has 0 radical (unpaired) electrons. The molecule has 30 heavy (non-hydrogen) atoms. The number of rotatable bonds is 8. The number of carbonyl (C=O) groups is 2. The first kappa shape index (κ1) is 20.9. The van der Waals surface area contributed by atoms with Crippen molar-refractivity contribution in [2.24, 2.45) is 0 Å². The van der Waals surface area contributed by atoms with E-state index in [0.717, 1.165) is 11.1 Å². The molecule has 0 heterocycles. The summed E-state index contributed by atoms with van der Waals surface area (Å²) in [4.78, 5) is 24.9. The van der Waals surface area contributed by atoms with Gasteiger partial charge in [0.05, 0.1) is 25.8 Å². The fourth-order valence-corrected chi connectivity index (χ4v) is 3.03. The Morgan fingerprint density at radius 2 is 1.37 bits per heavy atom. The van der Waals surface area contributed by atoms with Gasteiger partial charge in [-0.15, -0.1) is 0 Å². The van der Waals surface area contributed by atoms with Crippen molar-refractivity contribution >= 4 is 11.9 Å². The highest BCUT2D eigenvalue weighted by atomic mass is 16.5. The lowest BCUT2D eigenvalue weighted by atomic mass is 9.99. The molecule has 0 atom stereocenters. The van der Waals surface area contributed by atoms with Crippen molar-refractivity contribution < 1.29 is 23.8 Å². The first-order valence-corrected chi connectivity index (χ1v) is 9.40. The molecule has 3 aromatic carbocycles. The van der Waals surface area contributed by atoms with E-state index < -0.39 is 18.5 Å². The Hall–Kier alpha value is -3.80. The summed E-state index contributed by atoms with van der Waals surface area (Å²) in [6.45, 7) is -0.399. The maximum Gasteiger partial charge on any atom is 0.338 e. The van der Waals surface area contributed by atoms with Gasteiger partial charge >= 0.3 is 5.97 Å². The number of carbonyl (C=O) groups excluding carboxylic acids is 2. The van der Waals surface area contributed by atoms with E-state index in [1.165, 1.54) is 20.3 Å². The highest BCUT2D eigenvalue weighted by Crippen LogP contribution is 2.28. The Labute approximate surface area is 175 Å². The molecule has 3 aromatic rings. The summed E-state index contributed by atoms with van der Waals surface area (Å²) < 4.78 is 15.5. The molecule has 0 bridgehead atoms. The highest BCUT2D eigenvalue weighted by Gasteiger charge is 2.18. The fraction of sp³-hybridized carbons (Fsp3) is 0.167. The van der Waals surface area contributed by atoms with Gasteiger partial charge in [-0.25, -0.2) is 4.79 Å². The van der Waals surface area contributed by atoms with E-state index in [0.29, 0.717) is 11.5 Å². The van der Waals surface area contributed by atoms with Crippen molar-refractivity contribution in [1.29, 1.82) is 0 Å². The molecule has 1 amide bonds. The molecular weight excluding hydrogens is 382 g/mol. The third-order valence-electron chi connectivity index (χ3n) is 4.52. The minimum absolute atomic E-state index is 0.267. The van der Waals surface area contributed by atoms with Crippen LogP contribution in [0.3, 0.4) is 0 Å². The molecule has 0 fully saturated rings. The number of hydrogen-bond donors (Lipinski definition) is 1. The first-order valence-electron chi connectivity index (χ1n) is 9.40. The lowest BCUT2D eigenvalue weighted by Crippen LogP contribution is -2.33. The normalized spacial score (nSPS) is 10.4. The van der Waals surface area contributed by atoms with E-state index in [-0.39, 0.29) is 11.6 Å². The summed E-state index contributed by atoms with van der Waals surface area (Å²) >= 11 is 0. The van der Waals surface area contributed by atoms with Gasteiger partial charge in [-0.3, -0.25) is 4.79 Å². The number of hydrogen-bond acceptors (Lipinski definition) is 5. The SMILES string of the molecule is COc1ccc(C(=O)OCC(=O)NC(c2ccccc2)c2ccccc2)cc1OC. The Kier molecular flexibility index (Phi) is 7.05. The predicted molar refractivity (Wildman–Crippen MR) is 113 cm³/mol. The maximum absolute atomic E-state index is 12.5. The lowest BCUT2D eigenvalue weighted by Gasteiger charge is -2.20. The zero-order valence-corrected chi connectivity index (χ0v) is 16.8. The van der Waals surface area contributed by atoms with E-state index >= 15 is 0 Å². The van der Waals surface area contributed by atoms with Crippen molar-refractivity contribution in [2.75, 3.05) is 20.8 Å². The molecule has 0 aromatic heterocycles. The number of nitrogens with one attached hydrogen (secondary N) is 1. The van der Waals surface area contributed by atoms with Crippen molar-refractivity contribution in [3.05, 3.63) is 95.6 Å². The third-order valence-corrected chi connectivity index (χ3v) is 4.52. The molecule has 0 spiro atoms. The van der Waals surface area contributed by atoms with Gasteiger partial charge in [0.25, 0.3) is 5.91 Å². The number of ether oxygens (including phenoxy) is 3. The molecule has 0 aliphatic rings. The smallest absolute Gasteiger partial charge is 0.338 e. The van der Waals surface area contributed by atoms with E-state index in [1.807, 2.05) is 60.7 Å². The average molecular weight is 405 g/mol. The number of benzene rings is 3. The minimum atomic E-state index is -0.623. The topological polar surface area (TPSA) is 73.9 Å². The lowest BCUT2D eigenvalue weighted by molar-refractivity contribution is -0.124. The Morgan fingerprint density at radius 3 is 1.90 bits per heavy atom. The van der Waals surface area contributed by atoms with Crippen molar-refractivity contribution in [2.45, 2.75) is 6.04 Å². The molecule has 0 saturated carbocycles. The largest absolute Gasteiger partial charge is 0.493 e. The first-order chi connectivity index (χ1) is 14.6. The van der Waals surface area contributed by atoms with Crippen molar-refractivity contribution in [3.8, 4) is 11.5 Å². The maximum atomic E-state index is 12.5. The average Bonchev–Trinajstić information content (AvgIpc) is 2.81. The van der Waals surface area contributed by atoms with Crippen LogP contribution in [0.15, 0.2) is 78.9 Å². The van der Waals surface area contributed by atoms with Gasteiger partial charge in [-0.05, 0) is 29.3 Å². The Bertz CT molecular complexity index is 949. The van der Waals surface area contributed by atoms with Gasteiger partial charge in [-0.1, -0.05) is 60.7 Å². The highest BCUT2D eigenvalue weighted by molar-refractivity contribution is 5.92. The summed E-state index contributed by atoms with van der Waals surface area (Å²) in [6.07, 6.45) is 0. The zero-order valence-electron chi connectivity index (χ0n) is 16.8. The second-order valence-corrected chi connectivity index (χ2v) is 6.47. The van der Waals surface area contributed by atoms with Gasteiger partial charge < -0.3 is 19.5 Å². The molecule has 0 aliphatic carbocycles. The summed E-state index contributed by atoms with van der Waals surface area (Å²) in [5.41, 5.74) is 2.13. The predicted octanol–water partition coefficient (Wildman–Crippen LogP) is 3.77. The van der Waals surface area contributed by atoms with E-state index in [4.69, 9.17) is 14.2 Å². The van der Waals surface area contributed by atoms with Crippen LogP contribution in [0.5, 0.6) is 11.5 Å². The van der Waals surface area contributed by atoms with Gasteiger partial charge in [0.1, 0.15) is 0 Å². The molecule has 0 aliphatic heterocycles. The Morgan fingerprint density at radius 1 is 0.800 bits per heavy atom. The van der Waals surface area contributed by atoms with Crippen molar-refractivity contribution in [1.82, 2.24) is 5.32 Å². The van der Waals surface area contributed by atoms with E-state index in [1.54, 1.807) is 12.1 Å². The van der Waals surface area contributed by atoms with Crippen LogP contribution in [0.1, 0.15) is 27.5 Å². The zero-order chi connectivity index (χ0) is 21.3. The summed E-state index contributed by atoms with van der Waals surface area (Å²) in [6, 6.07) is 23.6. The third kappa shape index (κ3) is 5.17. The molecule has 0 saturated heterocycles. The molecule has 1 N–H and O–H groups in total. The monoisotopic (exact) mass is 405 g/mol. The van der Waals surface area contributed by atoms with Gasteiger partial charge in [0.2, 0.25) is 0 Å². The summed E-state index contributed by atoms with van der Waals surface area (Å²) in [5.74, 6) is -0.117. The van der Waals surface area contributed by atoms with Gasteiger partial charge in [0.15, 0.2) is 18.1 Å². The van der Waals surface area contributed by atoms with Crippen LogP contribution in [0, 0.1) is 0 Å². The molecule has 3 rings (SSSR count). The minimum Gasteiger partial charge on any atom is -0.493 e. The number of methoxy groups -OCH3 is 2. The van der Waals surface area contributed by atoms with Crippen LogP contribution in [0.2, 0.25) is 0 Å². The fourth-order valence-electron chi connectivity index (χ4n) is 3.03. The molecule has 0 unspecified atom stereocenters. The summed E-state index contributed by atoms with van der Waals surface area (Å²) in [7, 11) is 2.99. The van der Waals surface area contributed by atoms with Crippen molar-refractivity contribution in [3.63, 3.8) is 0 Å². The molecule has 6 nitrogen and oxygen atoms in total. The summed E-state index contributed by atoms with van der Waals surface area (Å²) in [5, 5.41) is 2.94. The quantitative estimate of drug-likeness (QED) is 0.578. The molecule has 6 heteroatoms. The van der Waals surface area contributed by atoms with Crippen LogP contribution < -0.4 is 14.8 Å².